The van der Waals surface area contributed by atoms with Crippen molar-refractivity contribution in [3.05, 3.63) is 89.8 Å². The topological polar surface area (TPSA) is 105 Å². The second kappa shape index (κ2) is 12.2. The van der Waals surface area contributed by atoms with Crippen LogP contribution in [-0.4, -0.2) is 75.4 Å². The van der Waals surface area contributed by atoms with Gasteiger partial charge in [0, 0.05) is 55.8 Å². The number of benzene rings is 3. The summed E-state index contributed by atoms with van der Waals surface area (Å²) in [7, 11) is -4.01. The summed E-state index contributed by atoms with van der Waals surface area (Å²) in [5.41, 5.74) is 0.711. The molecule has 1 N–H and O–H groups in total. The fraction of sp³-hybridized carbons (Fsp3) is 0.406. The van der Waals surface area contributed by atoms with Gasteiger partial charge in [0.2, 0.25) is 10.0 Å². The number of aryl methyl sites for hydroxylation is 1. The standard InChI is InChI=1S/C32H38ClN5O4S2/c1-36-21-31(34-23-36)44(41,42)37(2)22-32(26-9-6-10-28(33)17-26)18-27(32)20-38-15-13-24(14-16-38)19-35-43(39,40)30-12-5-8-25-7-3-4-11-29(25)30/h3-12,17,21,23-24,27,35H,13-16,18-20,22H2,1-2H3/t27-,32+/m0/s1. The van der Waals surface area contributed by atoms with Crippen molar-refractivity contribution in [3.8, 4) is 0 Å². The fourth-order valence-electron chi connectivity index (χ4n) is 6.64. The maximum absolute atomic E-state index is 13.3. The van der Waals surface area contributed by atoms with E-state index in [-0.39, 0.29) is 22.3 Å². The molecule has 44 heavy (non-hydrogen) atoms. The summed E-state index contributed by atoms with van der Waals surface area (Å²) < 4.78 is 59.0. The van der Waals surface area contributed by atoms with E-state index in [2.05, 4.69) is 14.6 Å². The van der Waals surface area contributed by atoms with E-state index in [9.17, 15) is 16.8 Å². The van der Waals surface area contributed by atoms with Crippen LogP contribution in [0.5, 0.6) is 0 Å². The average molecular weight is 656 g/mol. The van der Waals surface area contributed by atoms with Gasteiger partial charge in [-0.15, -0.1) is 0 Å². The molecule has 1 aliphatic carbocycles. The summed E-state index contributed by atoms with van der Waals surface area (Å²) in [5, 5.41) is 2.30. The Bertz CT molecular complexity index is 1870. The molecule has 9 nitrogen and oxygen atoms in total. The molecule has 1 aromatic heterocycles. The number of fused-ring (bicyclic) bond motifs is 1. The van der Waals surface area contributed by atoms with Crippen LogP contribution >= 0.6 is 11.6 Å². The van der Waals surface area contributed by atoms with Crippen LogP contribution < -0.4 is 4.72 Å². The lowest BCUT2D eigenvalue weighted by atomic mass is 9.92. The molecule has 0 amide bonds. The normalized spacial score (nSPS) is 21.7. The summed E-state index contributed by atoms with van der Waals surface area (Å²) in [6.45, 7) is 3.32. The molecule has 0 bridgehead atoms. The van der Waals surface area contributed by atoms with Gasteiger partial charge in [-0.2, -0.15) is 4.31 Å². The van der Waals surface area contributed by atoms with Gasteiger partial charge < -0.3 is 9.47 Å². The maximum Gasteiger partial charge on any atom is 0.261 e. The summed E-state index contributed by atoms with van der Waals surface area (Å²) in [6.07, 6.45) is 5.66. The Morgan fingerprint density at radius 2 is 1.75 bits per heavy atom. The molecule has 0 unspecified atom stereocenters. The number of nitrogens with zero attached hydrogens (tertiary/aromatic N) is 4. The molecule has 0 radical (unpaired) electrons. The Morgan fingerprint density at radius 3 is 2.48 bits per heavy atom. The number of aromatic nitrogens is 2. The molecular weight excluding hydrogens is 618 g/mol. The van der Waals surface area contributed by atoms with Crippen LogP contribution in [0, 0.1) is 11.8 Å². The van der Waals surface area contributed by atoms with Gasteiger partial charge in [0.1, 0.15) is 0 Å². The van der Waals surface area contributed by atoms with Gasteiger partial charge in [-0.1, -0.05) is 60.1 Å². The lowest BCUT2D eigenvalue weighted by Gasteiger charge is -2.33. The molecule has 1 aliphatic heterocycles. The Hall–Kier alpha value is -2.80. The second-order valence-electron chi connectivity index (χ2n) is 12.3. The van der Waals surface area contributed by atoms with E-state index < -0.39 is 20.0 Å². The van der Waals surface area contributed by atoms with E-state index >= 15 is 0 Å². The van der Waals surface area contributed by atoms with Crippen LogP contribution in [0.1, 0.15) is 24.8 Å². The van der Waals surface area contributed by atoms with Crippen LogP contribution in [0.25, 0.3) is 10.8 Å². The first-order chi connectivity index (χ1) is 21.0. The van der Waals surface area contributed by atoms with Crippen molar-refractivity contribution in [2.45, 2.75) is 34.6 Å². The van der Waals surface area contributed by atoms with Crippen LogP contribution in [0.3, 0.4) is 0 Å². The smallest absolute Gasteiger partial charge is 0.261 e. The van der Waals surface area contributed by atoms with E-state index in [1.807, 2.05) is 54.6 Å². The molecule has 2 fully saturated rings. The summed E-state index contributed by atoms with van der Waals surface area (Å²) >= 11 is 6.39. The highest BCUT2D eigenvalue weighted by Crippen LogP contribution is 2.56. The second-order valence-corrected chi connectivity index (χ2v) is 16.4. The summed E-state index contributed by atoms with van der Waals surface area (Å²) in [4.78, 5) is 6.83. The number of hydrogen-bond donors (Lipinski definition) is 1. The van der Waals surface area contributed by atoms with E-state index in [0.29, 0.717) is 23.0 Å². The van der Waals surface area contributed by atoms with Gasteiger partial charge in [0.05, 0.1) is 11.2 Å². The highest BCUT2D eigenvalue weighted by Gasteiger charge is 2.57. The molecule has 1 saturated carbocycles. The van der Waals surface area contributed by atoms with Gasteiger partial charge in [0.15, 0.2) is 5.03 Å². The van der Waals surface area contributed by atoms with Crippen molar-refractivity contribution in [2.75, 3.05) is 39.8 Å². The van der Waals surface area contributed by atoms with Crippen molar-refractivity contribution in [1.82, 2.24) is 23.5 Å². The Kier molecular flexibility index (Phi) is 8.64. The highest BCUT2D eigenvalue weighted by molar-refractivity contribution is 7.89. The molecule has 12 heteroatoms. The molecular formula is C32H38ClN5O4S2. The van der Waals surface area contributed by atoms with E-state index in [4.69, 9.17) is 11.6 Å². The Balaban J connectivity index is 1.08. The molecule has 2 heterocycles. The summed E-state index contributed by atoms with van der Waals surface area (Å²) in [5.74, 6) is 0.520. The molecule has 234 valence electrons. The predicted molar refractivity (Wildman–Crippen MR) is 173 cm³/mol. The minimum absolute atomic E-state index is 0.0408. The lowest BCUT2D eigenvalue weighted by molar-refractivity contribution is 0.174. The minimum atomic E-state index is -3.75. The largest absolute Gasteiger partial charge is 0.339 e. The van der Waals surface area contributed by atoms with E-state index in [1.165, 1.54) is 16.8 Å². The first-order valence-corrected chi connectivity index (χ1v) is 18.2. The van der Waals surface area contributed by atoms with Gasteiger partial charge in [-0.05, 0) is 73.3 Å². The number of sulfonamides is 2. The fourth-order valence-corrected chi connectivity index (χ4v) is 9.37. The molecule has 1 saturated heterocycles. The molecule has 3 aromatic carbocycles. The van der Waals surface area contributed by atoms with Crippen molar-refractivity contribution >= 4 is 42.4 Å². The lowest BCUT2D eigenvalue weighted by Crippen LogP contribution is -2.41. The predicted octanol–water partition coefficient (Wildman–Crippen LogP) is 4.50. The number of piperidine rings is 1. The van der Waals surface area contributed by atoms with Gasteiger partial charge in [-0.3, -0.25) is 0 Å². The first-order valence-electron chi connectivity index (χ1n) is 14.9. The van der Waals surface area contributed by atoms with Crippen molar-refractivity contribution in [3.63, 3.8) is 0 Å². The van der Waals surface area contributed by atoms with Crippen molar-refractivity contribution < 1.29 is 16.8 Å². The zero-order chi connectivity index (χ0) is 31.1. The van der Waals surface area contributed by atoms with Crippen LogP contribution in [-0.2, 0) is 32.5 Å². The van der Waals surface area contributed by atoms with Crippen LogP contribution in [0.15, 0.2) is 89.2 Å². The van der Waals surface area contributed by atoms with Crippen molar-refractivity contribution in [2.24, 2.45) is 18.9 Å². The van der Waals surface area contributed by atoms with Crippen LogP contribution in [0.2, 0.25) is 5.02 Å². The SMILES string of the molecule is CN(C[C@@]1(c2cccc(Cl)c2)C[C@H]1CN1CCC(CNS(=O)(=O)c2cccc3ccccc23)CC1)S(=O)(=O)c1cn(C)cn1. The quantitative estimate of drug-likeness (QED) is 0.255. The zero-order valence-electron chi connectivity index (χ0n) is 24.9. The number of likely N-dealkylation sites (tertiary alicyclic amines) is 1. The summed E-state index contributed by atoms with van der Waals surface area (Å²) in [6, 6.07) is 20.6. The molecule has 4 aromatic rings. The third-order valence-electron chi connectivity index (χ3n) is 9.28. The number of nitrogens with one attached hydrogen (secondary N) is 1. The van der Waals surface area contributed by atoms with Crippen molar-refractivity contribution in [1.29, 1.82) is 0 Å². The highest BCUT2D eigenvalue weighted by atomic mass is 35.5. The number of imidazole rings is 1. The van der Waals surface area contributed by atoms with E-state index in [0.717, 1.165) is 55.2 Å². The third kappa shape index (κ3) is 6.31. The first kappa shape index (κ1) is 31.2. The monoisotopic (exact) mass is 655 g/mol. The zero-order valence-corrected chi connectivity index (χ0v) is 27.3. The van der Waals surface area contributed by atoms with Gasteiger partial charge in [-0.25, -0.2) is 26.5 Å². The number of rotatable bonds is 11. The third-order valence-corrected chi connectivity index (χ3v) is 12.7. The number of hydrogen-bond acceptors (Lipinski definition) is 6. The van der Waals surface area contributed by atoms with Gasteiger partial charge in [0.25, 0.3) is 10.0 Å². The van der Waals surface area contributed by atoms with Crippen LogP contribution in [0.4, 0.5) is 0 Å². The Morgan fingerprint density at radius 1 is 1.02 bits per heavy atom. The number of halogens is 1. The molecule has 2 atom stereocenters. The van der Waals surface area contributed by atoms with E-state index in [1.54, 1.807) is 30.8 Å². The number of likely N-dealkylation sites (N-methyl/N-ethyl adjacent to an activating group) is 1. The average Bonchev–Trinajstić information content (AvgIpc) is 3.50. The minimum Gasteiger partial charge on any atom is -0.339 e. The Labute approximate surface area is 264 Å². The molecule has 6 rings (SSSR count). The molecule has 2 aliphatic rings. The van der Waals surface area contributed by atoms with Gasteiger partial charge >= 0.3 is 0 Å². The molecule has 0 spiro atoms. The maximum atomic E-state index is 13.3.